The van der Waals surface area contributed by atoms with Gasteiger partial charge in [0.2, 0.25) is 0 Å². The van der Waals surface area contributed by atoms with E-state index in [-0.39, 0.29) is 22.8 Å². The van der Waals surface area contributed by atoms with Crippen molar-refractivity contribution in [3.05, 3.63) is 46.5 Å². The maximum absolute atomic E-state index is 13.7. The van der Waals surface area contributed by atoms with Gasteiger partial charge in [-0.15, -0.1) is 11.3 Å². The predicted octanol–water partition coefficient (Wildman–Crippen LogP) is 2.45. The maximum atomic E-state index is 13.7. The summed E-state index contributed by atoms with van der Waals surface area (Å²) in [7, 11) is 3.72. The minimum atomic E-state index is -0.958. The first-order valence-corrected chi connectivity index (χ1v) is 8.91. The summed E-state index contributed by atoms with van der Waals surface area (Å²) < 4.78 is 27.3. The number of rotatable bonds is 4. The molecule has 1 aromatic carbocycles. The quantitative estimate of drug-likeness (QED) is 0.885. The van der Waals surface area contributed by atoms with Crippen molar-refractivity contribution in [1.82, 2.24) is 14.8 Å². The molecule has 0 bridgehead atoms. The van der Waals surface area contributed by atoms with Crippen LogP contribution in [0.25, 0.3) is 0 Å². The van der Waals surface area contributed by atoms with Crippen molar-refractivity contribution in [3.8, 4) is 0 Å². The number of aromatic nitrogens is 1. The van der Waals surface area contributed by atoms with Gasteiger partial charge in [-0.3, -0.25) is 14.9 Å². The van der Waals surface area contributed by atoms with Crippen molar-refractivity contribution in [2.75, 3.05) is 32.5 Å². The van der Waals surface area contributed by atoms with Gasteiger partial charge in [0.25, 0.3) is 11.8 Å². The summed E-state index contributed by atoms with van der Waals surface area (Å²) in [5, 5.41) is 3.97. The molecule has 138 valence electrons. The first kappa shape index (κ1) is 18.4. The van der Waals surface area contributed by atoms with E-state index >= 15 is 0 Å². The third-order valence-corrected chi connectivity index (χ3v) is 5.13. The standard InChI is InChI=1S/C17H18F2N4O2S/c1-22-7-6-10(8-22)23(2)16(25)13-9-26-17(20-13)21-15(24)14-11(18)4-3-5-12(14)19/h3-5,9-10H,6-8H2,1-2H3,(H,20,21,24). The smallest absolute Gasteiger partial charge is 0.273 e. The Labute approximate surface area is 153 Å². The molecule has 3 rings (SSSR count). The molecule has 0 aliphatic carbocycles. The Bertz CT molecular complexity index is 822. The number of amides is 2. The molecule has 2 heterocycles. The summed E-state index contributed by atoms with van der Waals surface area (Å²) in [5.41, 5.74) is -0.488. The molecule has 1 unspecified atom stereocenters. The third kappa shape index (κ3) is 3.73. The summed E-state index contributed by atoms with van der Waals surface area (Å²) in [6.07, 6.45) is 0.888. The number of benzene rings is 1. The van der Waals surface area contributed by atoms with Crippen molar-refractivity contribution in [3.63, 3.8) is 0 Å². The molecule has 0 spiro atoms. The molecular formula is C17H18F2N4O2S. The molecule has 1 aliphatic rings. The van der Waals surface area contributed by atoms with Gasteiger partial charge < -0.3 is 9.80 Å². The Morgan fingerprint density at radius 1 is 1.35 bits per heavy atom. The van der Waals surface area contributed by atoms with E-state index < -0.39 is 23.1 Å². The van der Waals surface area contributed by atoms with E-state index in [0.717, 1.165) is 43.0 Å². The van der Waals surface area contributed by atoms with E-state index in [1.165, 1.54) is 11.4 Å². The summed E-state index contributed by atoms with van der Waals surface area (Å²) in [5.74, 6) is -3.11. The van der Waals surface area contributed by atoms with Crippen LogP contribution in [0.3, 0.4) is 0 Å². The van der Waals surface area contributed by atoms with Gasteiger partial charge in [0.05, 0.1) is 0 Å². The van der Waals surface area contributed by atoms with Crippen LogP contribution in [-0.2, 0) is 0 Å². The first-order chi connectivity index (χ1) is 12.4. The van der Waals surface area contributed by atoms with E-state index in [1.807, 2.05) is 7.05 Å². The molecule has 1 atom stereocenters. The highest BCUT2D eigenvalue weighted by atomic mass is 32.1. The van der Waals surface area contributed by atoms with Crippen molar-refractivity contribution < 1.29 is 18.4 Å². The zero-order valence-electron chi connectivity index (χ0n) is 14.3. The first-order valence-electron chi connectivity index (χ1n) is 8.03. The van der Waals surface area contributed by atoms with E-state index in [1.54, 1.807) is 11.9 Å². The second-order valence-corrected chi connectivity index (χ2v) is 7.07. The SMILES string of the molecule is CN1CCC(N(C)C(=O)c2csc(NC(=O)c3c(F)cccc3F)n2)C1. The molecule has 6 nitrogen and oxygen atoms in total. The average Bonchev–Trinajstić information content (AvgIpc) is 3.22. The largest absolute Gasteiger partial charge is 0.336 e. The molecule has 26 heavy (non-hydrogen) atoms. The number of thiazole rings is 1. The van der Waals surface area contributed by atoms with Crippen LogP contribution in [0.5, 0.6) is 0 Å². The minimum Gasteiger partial charge on any atom is -0.336 e. The maximum Gasteiger partial charge on any atom is 0.273 e. The fourth-order valence-electron chi connectivity index (χ4n) is 2.88. The fraction of sp³-hybridized carbons (Fsp3) is 0.353. The van der Waals surface area contributed by atoms with Crippen molar-refractivity contribution >= 4 is 28.3 Å². The van der Waals surface area contributed by atoms with Crippen LogP contribution in [0, 0.1) is 11.6 Å². The Morgan fingerprint density at radius 2 is 2.04 bits per heavy atom. The lowest BCUT2D eigenvalue weighted by Gasteiger charge is -2.23. The number of nitrogens with one attached hydrogen (secondary N) is 1. The Balaban J connectivity index is 1.70. The van der Waals surface area contributed by atoms with Crippen LogP contribution in [0.1, 0.15) is 27.3 Å². The van der Waals surface area contributed by atoms with Crippen LogP contribution >= 0.6 is 11.3 Å². The van der Waals surface area contributed by atoms with E-state index in [0.29, 0.717) is 0 Å². The summed E-state index contributed by atoms with van der Waals surface area (Å²) >= 11 is 1.03. The number of likely N-dealkylation sites (N-methyl/N-ethyl adjacent to an activating group) is 2. The van der Waals surface area contributed by atoms with Gasteiger partial charge in [0.1, 0.15) is 22.9 Å². The van der Waals surface area contributed by atoms with Crippen LogP contribution < -0.4 is 5.32 Å². The van der Waals surface area contributed by atoms with Gasteiger partial charge in [0.15, 0.2) is 5.13 Å². The second kappa shape index (κ2) is 7.46. The van der Waals surface area contributed by atoms with Gasteiger partial charge in [-0.2, -0.15) is 0 Å². The van der Waals surface area contributed by atoms with Gasteiger partial charge in [-0.1, -0.05) is 6.07 Å². The lowest BCUT2D eigenvalue weighted by atomic mass is 10.2. The van der Waals surface area contributed by atoms with Crippen LogP contribution in [0.15, 0.2) is 23.6 Å². The number of nitrogens with zero attached hydrogens (tertiary/aromatic N) is 3. The van der Waals surface area contributed by atoms with Crippen LogP contribution in [-0.4, -0.2) is 59.8 Å². The molecule has 1 aliphatic heterocycles. The van der Waals surface area contributed by atoms with E-state index in [4.69, 9.17) is 0 Å². The number of halogens is 2. The number of likely N-dealkylation sites (tertiary alicyclic amines) is 1. The molecule has 1 N–H and O–H groups in total. The van der Waals surface area contributed by atoms with E-state index in [9.17, 15) is 18.4 Å². The minimum absolute atomic E-state index is 0.109. The summed E-state index contributed by atoms with van der Waals surface area (Å²) in [6, 6.07) is 3.29. The van der Waals surface area contributed by atoms with Crippen molar-refractivity contribution in [2.45, 2.75) is 12.5 Å². The lowest BCUT2D eigenvalue weighted by molar-refractivity contribution is 0.0732. The van der Waals surface area contributed by atoms with Crippen LogP contribution in [0.2, 0.25) is 0 Å². The number of hydrogen-bond acceptors (Lipinski definition) is 5. The number of anilines is 1. The molecule has 0 saturated carbocycles. The highest BCUT2D eigenvalue weighted by molar-refractivity contribution is 7.14. The average molecular weight is 380 g/mol. The molecular weight excluding hydrogens is 362 g/mol. The Hall–Kier alpha value is -2.39. The summed E-state index contributed by atoms with van der Waals surface area (Å²) in [6.45, 7) is 1.72. The van der Waals surface area contributed by atoms with Gasteiger partial charge in [-0.05, 0) is 32.1 Å². The zero-order chi connectivity index (χ0) is 18.8. The molecule has 9 heteroatoms. The van der Waals surface area contributed by atoms with Crippen molar-refractivity contribution in [2.24, 2.45) is 0 Å². The molecule has 1 saturated heterocycles. The predicted molar refractivity (Wildman–Crippen MR) is 94.4 cm³/mol. The molecule has 1 fully saturated rings. The lowest BCUT2D eigenvalue weighted by Crippen LogP contribution is -2.38. The Kier molecular flexibility index (Phi) is 5.28. The summed E-state index contributed by atoms with van der Waals surface area (Å²) in [4.78, 5) is 32.5. The zero-order valence-corrected chi connectivity index (χ0v) is 15.1. The highest BCUT2D eigenvalue weighted by Gasteiger charge is 2.28. The molecule has 2 amide bonds. The Morgan fingerprint density at radius 3 is 2.65 bits per heavy atom. The van der Waals surface area contributed by atoms with Gasteiger partial charge in [0, 0.05) is 25.0 Å². The topological polar surface area (TPSA) is 65.5 Å². The molecule has 0 radical (unpaired) electrons. The van der Waals surface area contributed by atoms with Gasteiger partial charge >= 0.3 is 0 Å². The third-order valence-electron chi connectivity index (χ3n) is 4.37. The molecule has 1 aromatic heterocycles. The highest BCUT2D eigenvalue weighted by Crippen LogP contribution is 2.21. The number of carbonyl (C=O) groups is 2. The van der Waals surface area contributed by atoms with E-state index in [2.05, 4.69) is 15.2 Å². The molecule has 2 aromatic rings. The second-order valence-electron chi connectivity index (χ2n) is 6.21. The monoisotopic (exact) mass is 380 g/mol. The van der Waals surface area contributed by atoms with Crippen LogP contribution in [0.4, 0.5) is 13.9 Å². The fourth-order valence-corrected chi connectivity index (χ4v) is 3.56. The van der Waals surface area contributed by atoms with Crippen molar-refractivity contribution in [1.29, 1.82) is 0 Å². The van der Waals surface area contributed by atoms with Gasteiger partial charge in [-0.25, -0.2) is 13.8 Å². The number of carbonyl (C=O) groups excluding carboxylic acids is 2. The normalized spacial score (nSPS) is 17.3. The number of hydrogen-bond donors (Lipinski definition) is 1.